The fourth-order valence-corrected chi connectivity index (χ4v) is 1.09. The van der Waals surface area contributed by atoms with E-state index in [9.17, 15) is 4.79 Å². The van der Waals surface area contributed by atoms with Crippen LogP contribution in [0.1, 0.15) is 46.5 Å². The Labute approximate surface area is 109 Å². The highest BCUT2D eigenvalue weighted by atomic mass is 16.6. The molecule has 0 aliphatic rings. The van der Waals surface area contributed by atoms with Gasteiger partial charge in [-0.15, -0.1) is 0 Å². The Morgan fingerprint density at radius 3 is 2.67 bits per heavy atom. The van der Waals surface area contributed by atoms with Crippen molar-refractivity contribution in [2.45, 2.75) is 52.1 Å². The van der Waals surface area contributed by atoms with Gasteiger partial charge in [-0.05, 0) is 40.0 Å². The molecular formula is C14H22N2O2. The third kappa shape index (κ3) is 12.3. The summed E-state index contributed by atoms with van der Waals surface area (Å²) in [7, 11) is 0. The number of hydrogen-bond acceptors (Lipinski definition) is 3. The van der Waals surface area contributed by atoms with E-state index < -0.39 is 11.7 Å². The molecule has 4 nitrogen and oxygen atoms in total. The van der Waals surface area contributed by atoms with Crippen LogP contribution in [0.4, 0.5) is 4.79 Å². The largest absolute Gasteiger partial charge is 0.444 e. The van der Waals surface area contributed by atoms with Crippen molar-refractivity contribution in [2.24, 2.45) is 0 Å². The van der Waals surface area contributed by atoms with E-state index in [1.165, 1.54) is 0 Å². The highest BCUT2D eigenvalue weighted by molar-refractivity contribution is 5.68. The Balaban J connectivity index is 3.60. The fourth-order valence-electron chi connectivity index (χ4n) is 1.09. The zero-order valence-electron chi connectivity index (χ0n) is 11.4. The van der Waals surface area contributed by atoms with Crippen LogP contribution in [0.2, 0.25) is 0 Å². The summed E-state index contributed by atoms with van der Waals surface area (Å²) >= 11 is 0. The summed E-state index contributed by atoms with van der Waals surface area (Å²) < 4.78 is 5.06. The predicted molar refractivity (Wildman–Crippen MR) is 71.7 cm³/mol. The number of unbranched alkanes of at least 4 members (excludes halogenated alkanes) is 2. The van der Waals surface area contributed by atoms with Crippen LogP contribution in [0.15, 0.2) is 24.4 Å². The number of carbonyl (C=O) groups is 1. The molecule has 0 fully saturated rings. The number of nitrogens with zero attached hydrogens (tertiary/aromatic N) is 1. The normalized spacial score (nSPS) is 11.7. The van der Waals surface area contributed by atoms with E-state index >= 15 is 0 Å². The second kappa shape index (κ2) is 9.29. The topological polar surface area (TPSA) is 62.1 Å². The number of allylic oxidation sites excluding steroid dienone is 3. The molecule has 0 saturated carbocycles. The van der Waals surface area contributed by atoms with Gasteiger partial charge in [-0.1, -0.05) is 18.2 Å². The number of ether oxygens (including phenoxy) is 1. The summed E-state index contributed by atoms with van der Waals surface area (Å²) in [5.74, 6) is 0. The van der Waals surface area contributed by atoms with Crippen molar-refractivity contribution in [1.82, 2.24) is 5.32 Å². The summed E-state index contributed by atoms with van der Waals surface area (Å²) in [6.45, 7) is 5.46. The van der Waals surface area contributed by atoms with Crippen molar-refractivity contribution in [2.75, 3.05) is 0 Å². The van der Waals surface area contributed by atoms with Gasteiger partial charge in [0.1, 0.15) is 5.60 Å². The molecule has 18 heavy (non-hydrogen) atoms. The number of nitriles is 1. The molecule has 0 saturated heterocycles. The fraction of sp³-hybridized carbons (Fsp3) is 0.571. The van der Waals surface area contributed by atoms with E-state index in [-0.39, 0.29) is 0 Å². The molecule has 0 rings (SSSR count). The van der Waals surface area contributed by atoms with Crippen molar-refractivity contribution in [3.05, 3.63) is 24.4 Å². The van der Waals surface area contributed by atoms with Crippen molar-refractivity contribution in [3.8, 4) is 6.07 Å². The molecule has 0 aliphatic carbocycles. The second-order valence-electron chi connectivity index (χ2n) is 4.81. The number of carbonyl (C=O) groups excluding carboxylic acids is 1. The molecule has 0 atom stereocenters. The Hall–Kier alpha value is -1.76. The van der Waals surface area contributed by atoms with Gasteiger partial charge in [-0.2, -0.15) is 5.26 Å². The average Bonchev–Trinajstić information content (AvgIpc) is 2.24. The van der Waals surface area contributed by atoms with Crippen LogP contribution in [0, 0.1) is 11.3 Å². The van der Waals surface area contributed by atoms with Gasteiger partial charge in [-0.3, -0.25) is 5.32 Å². The number of rotatable bonds is 6. The first-order valence-corrected chi connectivity index (χ1v) is 6.12. The average molecular weight is 250 g/mol. The highest BCUT2D eigenvalue weighted by Crippen LogP contribution is 2.06. The van der Waals surface area contributed by atoms with Gasteiger partial charge in [-0.25, -0.2) is 4.79 Å². The first-order chi connectivity index (χ1) is 8.45. The van der Waals surface area contributed by atoms with Crippen LogP contribution in [0.25, 0.3) is 0 Å². The van der Waals surface area contributed by atoms with Crippen molar-refractivity contribution < 1.29 is 9.53 Å². The first-order valence-electron chi connectivity index (χ1n) is 6.12. The minimum absolute atomic E-state index is 0.447. The Kier molecular flexibility index (Phi) is 8.38. The zero-order valence-corrected chi connectivity index (χ0v) is 11.4. The quantitative estimate of drug-likeness (QED) is 0.578. The second-order valence-corrected chi connectivity index (χ2v) is 4.81. The Morgan fingerprint density at radius 1 is 1.33 bits per heavy atom. The number of amides is 1. The molecule has 4 heteroatoms. The molecule has 100 valence electrons. The maximum atomic E-state index is 11.2. The maximum absolute atomic E-state index is 11.2. The molecule has 0 bridgehead atoms. The van der Waals surface area contributed by atoms with E-state index in [0.717, 1.165) is 19.3 Å². The number of hydrogen-bond donors (Lipinski definition) is 1. The zero-order chi connectivity index (χ0) is 13.9. The van der Waals surface area contributed by atoms with Crippen LogP contribution in [0.5, 0.6) is 0 Å². The Bertz CT molecular complexity index is 333. The summed E-state index contributed by atoms with van der Waals surface area (Å²) in [6.07, 6.45) is 10.2. The van der Waals surface area contributed by atoms with Gasteiger partial charge in [0.25, 0.3) is 0 Å². The number of nitrogens with one attached hydrogen (secondary N) is 1. The predicted octanol–water partition coefficient (Wildman–Crippen LogP) is 3.66. The standard InChI is InChI=1S/C14H22N2O2/c1-14(2,3)18-13(17)16-12-10-8-6-4-5-7-9-11-15/h4,6,10,12H,5,7-9H2,1-3H3,(H,16,17)/b6-4+,12-10+. The molecule has 0 aromatic heterocycles. The lowest BCUT2D eigenvalue weighted by Gasteiger charge is -2.18. The molecule has 1 N–H and O–H groups in total. The Morgan fingerprint density at radius 2 is 2.06 bits per heavy atom. The maximum Gasteiger partial charge on any atom is 0.411 e. The summed E-state index contributed by atoms with van der Waals surface area (Å²) in [6, 6.07) is 2.10. The molecule has 0 spiro atoms. The van der Waals surface area contributed by atoms with E-state index in [0.29, 0.717) is 6.42 Å². The van der Waals surface area contributed by atoms with Crippen molar-refractivity contribution in [1.29, 1.82) is 5.26 Å². The summed E-state index contributed by atoms with van der Waals surface area (Å²) in [5, 5.41) is 10.9. The molecule has 0 heterocycles. The first kappa shape index (κ1) is 16.2. The van der Waals surface area contributed by atoms with E-state index in [1.807, 2.05) is 39.0 Å². The monoisotopic (exact) mass is 250 g/mol. The summed E-state index contributed by atoms with van der Waals surface area (Å²) in [5.41, 5.74) is -0.474. The third-order valence-corrected chi connectivity index (χ3v) is 1.82. The minimum atomic E-state index is -0.474. The lowest BCUT2D eigenvalue weighted by atomic mass is 10.2. The highest BCUT2D eigenvalue weighted by Gasteiger charge is 2.14. The van der Waals surface area contributed by atoms with Gasteiger partial charge in [0.15, 0.2) is 0 Å². The lowest BCUT2D eigenvalue weighted by molar-refractivity contribution is 0.0552. The van der Waals surface area contributed by atoms with E-state index in [2.05, 4.69) is 11.4 Å². The van der Waals surface area contributed by atoms with Crippen molar-refractivity contribution in [3.63, 3.8) is 0 Å². The molecule has 0 aliphatic heterocycles. The van der Waals surface area contributed by atoms with Crippen LogP contribution < -0.4 is 5.32 Å². The lowest BCUT2D eigenvalue weighted by Crippen LogP contribution is -2.29. The van der Waals surface area contributed by atoms with Crippen LogP contribution in [0.3, 0.4) is 0 Å². The van der Waals surface area contributed by atoms with Gasteiger partial charge < -0.3 is 4.74 Å². The van der Waals surface area contributed by atoms with Gasteiger partial charge >= 0.3 is 6.09 Å². The minimum Gasteiger partial charge on any atom is -0.444 e. The summed E-state index contributed by atoms with van der Waals surface area (Å²) in [4.78, 5) is 11.2. The van der Waals surface area contributed by atoms with E-state index in [4.69, 9.17) is 10.00 Å². The molecule has 0 unspecified atom stereocenters. The molecule has 0 aromatic carbocycles. The smallest absolute Gasteiger partial charge is 0.411 e. The SMILES string of the molecule is CC(C)(C)OC(=O)N/C=C/C/C=C/CCCC#N. The van der Waals surface area contributed by atoms with Gasteiger partial charge in [0.05, 0.1) is 6.07 Å². The van der Waals surface area contributed by atoms with Crippen molar-refractivity contribution >= 4 is 6.09 Å². The third-order valence-electron chi connectivity index (χ3n) is 1.82. The molecule has 0 radical (unpaired) electrons. The van der Waals surface area contributed by atoms with Gasteiger partial charge in [0.2, 0.25) is 0 Å². The van der Waals surface area contributed by atoms with E-state index in [1.54, 1.807) is 6.20 Å². The van der Waals surface area contributed by atoms with Crippen LogP contribution >= 0.6 is 0 Å². The molecular weight excluding hydrogens is 228 g/mol. The van der Waals surface area contributed by atoms with Gasteiger partial charge in [0, 0.05) is 12.6 Å². The van der Waals surface area contributed by atoms with Crippen LogP contribution in [-0.2, 0) is 4.74 Å². The molecule has 0 aromatic rings. The van der Waals surface area contributed by atoms with Crippen LogP contribution in [-0.4, -0.2) is 11.7 Å². The molecule has 1 amide bonds. The number of alkyl carbamates (subject to hydrolysis) is 1.